The topological polar surface area (TPSA) is 32.8 Å². The number of hydrogen-bond donors (Lipinski definition) is 0. The minimum atomic E-state index is -1.54. The van der Waals surface area contributed by atoms with Gasteiger partial charge in [-0.2, -0.15) is 0 Å². The van der Waals surface area contributed by atoms with Gasteiger partial charge < -0.3 is 9.64 Å². The molecule has 4 rings (SSSR count). The van der Waals surface area contributed by atoms with E-state index >= 15 is 0 Å². The maximum absolute atomic E-state index is 13.3. The molecule has 0 aromatic heterocycles. The zero-order chi connectivity index (χ0) is 20.8. The molecule has 158 valence electrons. The standard InChI is InChI=1S/C24H36N2O2Si/c1-17-22(18-12-8-6-9-13-18)26(24(27)25(17)2)21-16-20(29(3,4)5)23(28-21)19-14-10-7-11-15-19/h6,8-9,12-13,16-17,19,21-23H,7,10-11,14-15H2,1-5H3/t17-,21?,22-,23-/m0/s1. The maximum atomic E-state index is 13.3. The molecule has 5 heteroatoms. The first-order valence-corrected chi connectivity index (χ1v) is 14.8. The second kappa shape index (κ2) is 7.92. The average molecular weight is 413 g/mol. The van der Waals surface area contributed by atoms with Crippen molar-refractivity contribution in [2.75, 3.05) is 7.05 Å². The molecule has 2 fully saturated rings. The maximum Gasteiger partial charge on any atom is 0.322 e. The van der Waals surface area contributed by atoms with Crippen LogP contribution in [0.15, 0.2) is 41.6 Å². The molecule has 0 N–H and O–H groups in total. The van der Waals surface area contributed by atoms with Crippen LogP contribution in [0.5, 0.6) is 0 Å². The van der Waals surface area contributed by atoms with Crippen molar-refractivity contribution in [2.24, 2.45) is 5.92 Å². The zero-order valence-corrected chi connectivity index (χ0v) is 19.6. The van der Waals surface area contributed by atoms with Crippen LogP contribution in [0.25, 0.3) is 0 Å². The van der Waals surface area contributed by atoms with Gasteiger partial charge in [-0.3, -0.25) is 4.90 Å². The van der Waals surface area contributed by atoms with E-state index in [9.17, 15) is 4.79 Å². The highest BCUT2D eigenvalue weighted by atomic mass is 28.3. The Morgan fingerprint density at radius 1 is 1.03 bits per heavy atom. The minimum absolute atomic E-state index is 0.0166. The number of ether oxygens (including phenoxy) is 1. The normalized spacial score (nSPS) is 31.5. The summed E-state index contributed by atoms with van der Waals surface area (Å²) in [4.78, 5) is 17.2. The molecule has 1 saturated heterocycles. The van der Waals surface area contributed by atoms with Crippen LogP contribution in [0.3, 0.4) is 0 Å². The number of carbonyl (C=O) groups is 1. The largest absolute Gasteiger partial charge is 0.347 e. The van der Waals surface area contributed by atoms with Crippen molar-refractivity contribution in [2.45, 2.75) is 83.1 Å². The Balaban J connectivity index is 1.68. The van der Waals surface area contributed by atoms with Crippen LogP contribution in [0, 0.1) is 5.92 Å². The van der Waals surface area contributed by atoms with Crippen molar-refractivity contribution in [3.63, 3.8) is 0 Å². The molecule has 1 saturated carbocycles. The van der Waals surface area contributed by atoms with E-state index in [2.05, 4.69) is 56.9 Å². The van der Waals surface area contributed by atoms with Crippen LogP contribution in [-0.2, 0) is 4.74 Å². The van der Waals surface area contributed by atoms with E-state index in [1.807, 2.05) is 22.9 Å². The molecule has 1 unspecified atom stereocenters. The summed E-state index contributed by atoms with van der Waals surface area (Å²) < 4.78 is 6.76. The van der Waals surface area contributed by atoms with Crippen molar-refractivity contribution in [1.29, 1.82) is 0 Å². The van der Waals surface area contributed by atoms with E-state index in [1.54, 1.807) is 0 Å². The summed E-state index contributed by atoms with van der Waals surface area (Å²) in [6, 6.07) is 10.6. The highest BCUT2D eigenvalue weighted by Gasteiger charge is 2.49. The molecule has 29 heavy (non-hydrogen) atoms. The number of rotatable bonds is 4. The van der Waals surface area contributed by atoms with Gasteiger partial charge in [0, 0.05) is 7.05 Å². The van der Waals surface area contributed by atoms with Crippen LogP contribution < -0.4 is 0 Å². The fraction of sp³-hybridized carbons (Fsp3) is 0.625. The Bertz CT molecular complexity index is 767. The van der Waals surface area contributed by atoms with Gasteiger partial charge in [0.25, 0.3) is 0 Å². The molecule has 1 aliphatic carbocycles. The van der Waals surface area contributed by atoms with E-state index in [1.165, 1.54) is 42.9 Å². The molecule has 0 spiro atoms. The lowest BCUT2D eigenvalue weighted by Crippen LogP contribution is -2.41. The van der Waals surface area contributed by atoms with Crippen LogP contribution in [-0.4, -0.2) is 49.3 Å². The SMILES string of the molecule is C[C@H]1[C@@H](c2ccccc2)N(C2C=C([Si](C)(C)C)[C@H](C3CCCCC3)O2)C(=O)N1C. The first kappa shape index (κ1) is 20.7. The summed E-state index contributed by atoms with van der Waals surface area (Å²) in [6.45, 7) is 9.38. The summed E-state index contributed by atoms with van der Waals surface area (Å²) in [5.74, 6) is 0.606. The van der Waals surface area contributed by atoms with Gasteiger partial charge in [0.05, 0.1) is 26.3 Å². The van der Waals surface area contributed by atoms with Gasteiger partial charge in [0.1, 0.15) is 0 Å². The molecule has 1 aromatic carbocycles. The van der Waals surface area contributed by atoms with Gasteiger partial charge in [0.2, 0.25) is 0 Å². The number of hydrogen-bond acceptors (Lipinski definition) is 2. The minimum Gasteiger partial charge on any atom is -0.347 e. The molecule has 0 radical (unpaired) electrons. The second-order valence-corrected chi connectivity index (χ2v) is 15.2. The van der Waals surface area contributed by atoms with E-state index < -0.39 is 8.07 Å². The Kier molecular flexibility index (Phi) is 5.64. The van der Waals surface area contributed by atoms with Crippen LogP contribution >= 0.6 is 0 Å². The molecule has 2 aliphatic heterocycles. The van der Waals surface area contributed by atoms with Crippen LogP contribution in [0.2, 0.25) is 19.6 Å². The quantitative estimate of drug-likeness (QED) is 0.604. The number of nitrogens with zero attached hydrogens (tertiary/aromatic N) is 2. The summed E-state index contributed by atoms with van der Waals surface area (Å²) in [7, 11) is 0.380. The molecule has 3 aliphatic rings. The summed E-state index contributed by atoms with van der Waals surface area (Å²) >= 11 is 0. The van der Waals surface area contributed by atoms with Crippen LogP contribution in [0.1, 0.15) is 50.6 Å². The number of benzene rings is 1. The highest BCUT2D eigenvalue weighted by molar-refractivity contribution is 6.83. The van der Waals surface area contributed by atoms with E-state index in [0.29, 0.717) is 5.92 Å². The van der Waals surface area contributed by atoms with Gasteiger partial charge in [-0.25, -0.2) is 4.79 Å². The smallest absolute Gasteiger partial charge is 0.322 e. The highest BCUT2D eigenvalue weighted by Crippen LogP contribution is 2.43. The van der Waals surface area contributed by atoms with Crippen molar-refractivity contribution in [3.8, 4) is 0 Å². The van der Waals surface area contributed by atoms with E-state index in [0.717, 1.165) is 0 Å². The predicted octanol–water partition coefficient (Wildman–Crippen LogP) is 5.59. The molecule has 4 atom stereocenters. The summed E-state index contributed by atoms with van der Waals surface area (Å²) in [5.41, 5.74) is 1.19. The summed E-state index contributed by atoms with van der Waals surface area (Å²) in [5, 5.41) is 1.51. The van der Waals surface area contributed by atoms with E-state index in [-0.39, 0.29) is 30.4 Å². The average Bonchev–Trinajstić information content (AvgIpc) is 3.25. The second-order valence-electron chi connectivity index (χ2n) is 10.1. The first-order chi connectivity index (χ1) is 13.8. The molecular formula is C24H36N2O2Si. The lowest BCUT2D eigenvalue weighted by Gasteiger charge is -2.35. The lowest BCUT2D eigenvalue weighted by molar-refractivity contribution is -0.0541. The number of urea groups is 1. The van der Waals surface area contributed by atoms with Crippen molar-refractivity contribution >= 4 is 14.1 Å². The van der Waals surface area contributed by atoms with Gasteiger partial charge in [-0.1, -0.05) is 74.4 Å². The molecule has 2 heterocycles. The van der Waals surface area contributed by atoms with E-state index in [4.69, 9.17) is 4.74 Å². The fourth-order valence-corrected chi connectivity index (χ4v) is 7.21. The fourth-order valence-electron chi connectivity index (χ4n) is 5.41. The zero-order valence-electron chi connectivity index (χ0n) is 18.6. The number of likely N-dealkylation sites (N-methyl/N-ethyl adjacent to an activating group) is 1. The Labute approximate surface area is 176 Å². The van der Waals surface area contributed by atoms with Crippen LogP contribution in [0.4, 0.5) is 4.79 Å². The third-order valence-electron chi connectivity index (χ3n) is 7.16. The Morgan fingerprint density at radius 2 is 1.69 bits per heavy atom. The molecule has 1 aromatic rings. The molecule has 2 amide bonds. The predicted molar refractivity (Wildman–Crippen MR) is 120 cm³/mol. The number of amides is 2. The van der Waals surface area contributed by atoms with Crippen molar-refractivity contribution in [3.05, 3.63) is 47.2 Å². The van der Waals surface area contributed by atoms with Gasteiger partial charge in [-0.15, -0.1) is 0 Å². The summed E-state index contributed by atoms with van der Waals surface area (Å²) in [6.07, 6.45) is 8.74. The first-order valence-electron chi connectivity index (χ1n) is 11.3. The Morgan fingerprint density at radius 3 is 2.31 bits per heavy atom. The Hall–Kier alpha value is -1.59. The van der Waals surface area contributed by atoms with Crippen molar-refractivity contribution in [1.82, 2.24) is 9.80 Å². The van der Waals surface area contributed by atoms with Gasteiger partial charge >= 0.3 is 6.03 Å². The third kappa shape index (κ3) is 3.79. The van der Waals surface area contributed by atoms with Gasteiger partial charge in [-0.05, 0) is 37.3 Å². The van der Waals surface area contributed by atoms with Gasteiger partial charge in [0.15, 0.2) is 6.23 Å². The molecule has 4 nitrogen and oxygen atoms in total. The molecule has 0 bridgehead atoms. The number of carbonyl (C=O) groups excluding carboxylic acids is 1. The molecular weight excluding hydrogens is 376 g/mol. The third-order valence-corrected chi connectivity index (χ3v) is 9.35. The van der Waals surface area contributed by atoms with Crippen molar-refractivity contribution < 1.29 is 9.53 Å². The lowest BCUT2D eigenvalue weighted by atomic mass is 9.85. The monoisotopic (exact) mass is 412 g/mol.